The molecule has 0 unspecified atom stereocenters. The van der Waals surface area contributed by atoms with Crippen molar-refractivity contribution in [1.29, 1.82) is 0 Å². The van der Waals surface area contributed by atoms with Gasteiger partial charge in [-0.3, -0.25) is 0 Å². The van der Waals surface area contributed by atoms with Crippen LogP contribution in [0.4, 0.5) is 0 Å². The van der Waals surface area contributed by atoms with Crippen molar-refractivity contribution in [2.75, 3.05) is 0 Å². The number of hydrogen-bond donors (Lipinski definition) is 0. The largest absolute Gasteiger partial charge is 0.359 e. The van der Waals surface area contributed by atoms with E-state index in [1.54, 1.807) is 6.08 Å². The summed E-state index contributed by atoms with van der Waals surface area (Å²) in [7, 11) is 0. The van der Waals surface area contributed by atoms with E-state index in [4.69, 9.17) is 4.52 Å². The van der Waals surface area contributed by atoms with E-state index in [1.807, 2.05) is 6.07 Å². The molecule has 1 rings (SSSR count). The number of nitrogens with zero attached hydrogens (tertiary/aromatic N) is 1. The Labute approximate surface area is 79.8 Å². The lowest BCUT2D eigenvalue weighted by Crippen LogP contribution is -2.03. The molecule has 60 valence electrons. The standard InChI is InChI=1S/C8H10INO/c1-4-6-5-7(11-10-6)8(2,3)9/h4-5H,1H2,2-3H3. The Kier molecular flexibility index (Phi) is 2.37. The van der Waals surface area contributed by atoms with E-state index in [1.165, 1.54) is 0 Å². The van der Waals surface area contributed by atoms with Gasteiger partial charge in [0.25, 0.3) is 0 Å². The molecule has 0 N–H and O–H groups in total. The minimum absolute atomic E-state index is 0.00597. The van der Waals surface area contributed by atoms with E-state index < -0.39 is 0 Å². The Morgan fingerprint density at radius 2 is 2.36 bits per heavy atom. The molecule has 0 spiro atoms. The lowest BCUT2D eigenvalue weighted by atomic mass is 10.1. The summed E-state index contributed by atoms with van der Waals surface area (Å²) >= 11 is 2.30. The number of aromatic nitrogens is 1. The number of hydrogen-bond acceptors (Lipinski definition) is 2. The molecular formula is C8H10INO. The van der Waals surface area contributed by atoms with Crippen molar-refractivity contribution < 1.29 is 4.52 Å². The van der Waals surface area contributed by atoms with E-state index in [2.05, 4.69) is 48.2 Å². The first-order valence-corrected chi connectivity index (χ1v) is 4.40. The van der Waals surface area contributed by atoms with Gasteiger partial charge >= 0.3 is 0 Å². The summed E-state index contributed by atoms with van der Waals surface area (Å²) in [6.07, 6.45) is 1.68. The summed E-state index contributed by atoms with van der Waals surface area (Å²) in [5.41, 5.74) is 0.796. The second-order valence-corrected chi connectivity index (χ2v) is 5.49. The Morgan fingerprint density at radius 1 is 1.73 bits per heavy atom. The van der Waals surface area contributed by atoms with Crippen LogP contribution in [0.3, 0.4) is 0 Å². The maximum absolute atomic E-state index is 5.09. The fourth-order valence-corrected chi connectivity index (χ4v) is 0.919. The molecule has 1 heterocycles. The number of alkyl halides is 1. The van der Waals surface area contributed by atoms with Crippen LogP contribution in [0.25, 0.3) is 6.08 Å². The van der Waals surface area contributed by atoms with Gasteiger partial charge in [0.1, 0.15) is 5.69 Å². The molecule has 11 heavy (non-hydrogen) atoms. The van der Waals surface area contributed by atoms with Gasteiger partial charge in [-0.1, -0.05) is 34.3 Å². The van der Waals surface area contributed by atoms with Gasteiger partial charge in [-0.25, -0.2) is 0 Å². The van der Waals surface area contributed by atoms with E-state index in [0.717, 1.165) is 11.5 Å². The lowest BCUT2D eigenvalue weighted by molar-refractivity contribution is 0.365. The van der Waals surface area contributed by atoms with Crippen molar-refractivity contribution in [3.63, 3.8) is 0 Å². The van der Waals surface area contributed by atoms with Gasteiger partial charge in [0.2, 0.25) is 0 Å². The first-order valence-electron chi connectivity index (χ1n) is 3.32. The minimum atomic E-state index is 0.00597. The maximum atomic E-state index is 5.09. The average Bonchev–Trinajstić information content (AvgIpc) is 2.32. The molecule has 0 aliphatic carbocycles. The van der Waals surface area contributed by atoms with Crippen LogP contribution in [0.15, 0.2) is 17.2 Å². The normalized spacial score (nSPS) is 11.5. The van der Waals surface area contributed by atoms with Gasteiger partial charge in [0.15, 0.2) is 5.76 Å². The highest BCUT2D eigenvalue weighted by Crippen LogP contribution is 2.30. The van der Waals surface area contributed by atoms with Gasteiger partial charge in [-0.05, 0) is 19.9 Å². The predicted octanol–water partition coefficient (Wildman–Crippen LogP) is 2.99. The second-order valence-electron chi connectivity index (χ2n) is 2.79. The summed E-state index contributed by atoms with van der Waals surface area (Å²) in [4.78, 5) is 0. The van der Waals surface area contributed by atoms with Gasteiger partial charge < -0.3 is 4.52 Å². The van der Waals surface area contributed by atoms with Crippen LogP contribution < -0.4 is 0 Å². The highest BCUT2D eigenvalue weighted by molar-refractivity contribution is 14.1. The topological polar surface area (TPSA) is 26.0 Å². The third kappa shape index (κ3) is 2.05. The molecule has 0 aliphatic rings. The Bertz CT molecular complexity index is 259. The van der Waals surface area contributed by atoms with Gasteiger partial charge in [0.05, 0.1) is 3.42 Å². The minimum Gasteiger partial charge on any atom is -0.359 e. The van der Waals surface area contributed by atoms with Gasteiger partial charge in [0, 0.05) is 6.07 Å². The van der Waals surface area contributed by atoms with Crippen molar-refractivity contribution in [1.82, 2.24) is 5.16 Å². The molecule has 1 aromatic rings. The molecule has 2 nitrogen and oxygen atoms in total. The molecule has 0 bridgehead atoms. The monoisotopic (exact) mass is 263 g/mol. The third-order valence-electron chi connectivity index (χ3n) is 1.32. The molecule has 0 fully saturated rings. The van der Waals surface area contributed by atoms with E-state index in [-0.39, 0.29) is 3.42 Å². The maximum Gasteiger partial charge on any atom is 0.152 e. The second kappa shape index (κ2) is 2.97. The molecule has 1 aromatic heterocycles. The van der Waals surface area contributed by atoms with E-state index in [0.29, 0.717) is 0 Å². The zero-order valence-corrected chi connectivity index (χ0v) is 8.75. The van der Waals surface area contributed by atoms with Gasteiger partial charge in [-0.15, -0.1) is 0 Å². The van der Waals surface area contributed by atoms with Crippen molar-refractivity contribution >= 4 is 28.7 Å². The SMILES string of the molecule is C=Cc1cc(C(C)(C)I)on1. The fraction of sp³-hybridized carbons (Fsp3) is 0.375. The molecule has 0 saturated heterocycles. The van der Waals surface area contributed by atoms with Crippen LogP contribution in [0, 0.1) is 0 Å². The first-order chi connectivity index (χ1) is 5.04. The lowest BCUT2D eigenvalue weighted by Gasteiger charge is -2.09. The summed E-state index contributed by atoms with van der Waals surface area (Å²) in [5, 5.41) is 3.80. The van der Waals surface area contributed by atoms with Gasteiger partial charge in [-0.2, -0.15) is 0 Å². The molecule has 0 amide bonds. The highest BCUT2D eigenvalue weighted by Gasteiger charge is 2.20. The fourth-order valence-electron chi connectivity index (χ4n) is 0.665. The Morgan fingerprint density at radius 3 is 2.64 bits per heavy atom. The summed E-state index contributed by atoms with van der Waals surface area (Å²) < 4.78 is 5.10. The molecular weight excluding hydrogens is 253 g/mol. The first kappa shape index (κ1) is 8.77. The summed E-state index contributed by atoms with van der Waals surface area (Å²) in [5.74, 6) is 0.882. The third-order valence-corrected chi connectivity index (χ3v) is 1.86. The Balaban J connectivity index is 2.98. The zero-order valence-electron chi connectivity index (χ0n) is 6.60. The smallest absolute Gasteiger partial charge is 0.152 e. The molecule has 0 aromatic carbocycles. The van der Waals surface area contributed by atoms with Crippen LogP contribution in [0.2, 0.25) is 0 Å². The van der Waals surface area contributed by atoms with Crippen molar-refractivity contribution in [3.05, 3.63) is 24.1 Å². The van der Waals surface area contributed by atoms with Crippen LogP contribution in [0.1, 0.15) is 25.3 Å². The Hall–Kier alpha value is -0.320. The van der Waals surface area contributed by atoms with E-state index in [9.17, 15) is 0 Å². The quantitative estimate of drug-likeness (QED) is 0.605. The number of rotatable bonds is 2. The van der Waals surface area contributed by atoms with Crippen LogP contribution in [-0.4, -0.2) is 5.16 Å². The van der Waals surface area contributed by atoms with Crippen LogP contribution >= 0.6 is 22.6 Å². The highest BCUT2D eigenvalue weighted by atomic mass is 127. The van der Waals surface area contributed by atoms with Crippen molar-refractivity contribution in [2.45, 2.75) is 17.3 Å². The van der Waals surface area contributed by atoms with E-state index >= 15 is 0 Å². The van der Waals surface area contributed by atoms with Crippen molar-refractivity contribution in [3.8, 4) is 0 Å². The predicted molar refractivity (Wildman–Crippen MR) is 53.6 cm³/mol. The molecule has 0 aliphatic heterocycles. The summed E-state index contributed by atoms with van der Waals surface area (Å²) in [6.45, 7) is 7.74. The molecule has 0 radical (unpaired) electrons. The zero-order chi connectivity index (χ0) is 8.48. The number of halogens is 1. The summed E-state index contributed by atoms with van der Waals surface area (Å²) in [6, 6.07) is 1.90. The molecule has 3 heteroatoms. The van der Waals surface area contributed by atoms with Crippen molar-refractivity contribution in [2.24, 2.45) is 0 Å². The van der Waals surface area contributed by atoms with Crippen LogP contribution in [0.5, 0.6) is 0 Å². The molecule has 0 atom stereocenters. The average molecular weight is 263 g/mol. The molecule has 0 saturated carbocycles. The van der Waals surface area contributed by atoms with Crippen LogP contribution in [-0.2, 0) is 3.42 Å².